The maximum atomic E-state index is 5.95. The van der Waals surface area contributed by atoms with Gasteiger partial charge in [-0.25, -0.2) is 0 Å². The lowest BCUT2D eigenvalue weighted by atomic mass is 9.76. The lowest BCUT2D eigenvalue weighted by molar-refractivity contribution is 0.249. The van der Waals surface area contributed by atoms with Crippen LogP contribution >= 0.6 is 0 Å². The second-order valence-corrected chi connectivity index (χ2v) is 6.99. The maximum absolute atomic E-state index is 5.95. The van der Waals surface area contributed by atoms with Gasteiger partial charge >= 0.3 is 0 Å². The Morgan fingerprint density at radius 3 is 2.32 bits per heavy atom. The molecule has 0 fully saturated rings. The molecule has 0 saturated carbocycles. The van der Waals surface area contributed by atoms with E-state index in [-0.39, 0.29) is 0 Å². The van der Waals surface area contributed by atoms with Gasteiger partial charge in [0, 0.05) is 5.70 Å². The zero-order valence-corrected chi connectivity index (χ0v) is 15.4. The highest BCUT2D eigenvalue weighted by molar-refractivity contribution is 5.30. The highest BCUT2D eigenvalue weighted by Gasteiger charge is 2.23. The number of nitrogens with two attached hydrogens (primary N) is 1. The third-order valence-corrected chi connectivity index (χ3v) is 5.21. The summed E-state index contributed by atoms with van der Waals surface area (Å²) in [4.78, 5) is 0. The number of benzene rings is 1. The van der Waals surface area contributed by atoms with Gasteiger partial charge in [-0.3, -0.25) is 0 Å². The van der Waals surface area contributed by atoms with Crippen molar-refractivity contribution in [2.24, 2.45) is 23.5 Å². The van der Waals surface area contributed by atoms with Gasteiger partial charge < -0.3 is 5.73 Å². The molecule has 0 aliphatic carbocycles. The van der Waals surface area contributed by atoms with Crippen LogP contribution in [-0.4, -0.2) is 0 Å². The minimum Gasteiger partial charge on any atom is -0.403 e. The van der Waals surface area contributed by atoms with E-state index < -0.39 is 0 Å². The van der Waals surface area contributed by atoms with Crippen molar-refractivity contribution in [2.75, 3.05) is 0 Å². The summed E-state index contributed by atoms with van der Waals surface area (Å²) >= 11 is 0. The van der Waals surface area contributed by atoms with Crippen molar-refractivity contribution in [3.63, 3.8) is 0 Å². The molecule has 124 valence electrons. The molecule has 1 aromatic carbocycles. The van der Waals surface area contributed by atoms with Crippen LogP contribution in [0.4, 0.5) is 0 Å². The van der Waals surface area contributed by atoms with E-state index in [1.54, 1.807) is 0 Å². The molecule has 0 amide bonds. The summed E-state index contributed by atoms with van der Waals surface area (Å²) in [5.74, 6) is 2.06. The van der Waals surface area contributed by atoms with Gasteiger partial charge in [0.05, 0.1) is 0 Å². The third-order valence-electron chi connectivity index (χ3n) is 5.21. The highest BCUT2D eigenvalue weighted by atomic mass is 14.5. The molecule has 1 aromatic rings. The zero-order chi connectivity index (χ0) is 16.7. The fourth-order valence-electron chi connectivity index (χ4n) is 3.40. The Morgan fingerprint density at radius 1 is 1.14 bits per heavy atom. The van der Waals surface area contributed by atoms with Gasteiger partial charge in [-0.15, -0.1) is 0 Å². The summed E-state index contributed by atoms with van der Waals surface area (Å²) in [6, 6.07) is 6.90. The van der Waals surface area contributed by atoms with Crippen LogP contribution in [0.2, 0.25) is 0 Å². The van der Waals surface area contributed by atoms with Gasteiger partial charge in [-0.05, 0) is 74.5 Å². The van der Waals surface area contributed by atoms with Crippen molar-refractivity contribution in [3.05, 3.63) is 46.7 Å². The molecular formula is C21H35N. The number of hydrogen-bond acceptors (Lipinski definition) is 1. The number of hydrogen-bond donors (Lipinski definition) is 1. The molecule has 1 rings (SSSR count). The van der Waals surface area contributed by atoms with Crippen LogP contribution in [0.5, 0.6) is 0 Å². The Labute approximate surface area is 138 Å². The SMILES string of the molecule is CCC(C)C(CCc1ccc(C)c(C)c1)C(/C=C(/C)N)CC. The summed E-state index contributed by atoms with van der Waals surface area (Å²) in [6.45, 7) is 13.4. The van der Waals surface area contributed by atoms with Crippen molar-refractivity contribution in [2.45, 2.75) is 67.2 Å². The van der Waals surface area contributed by atoms with E-state index in [1.807, 2.05) is 6.92 Å². The third kappa shape index (κ3) is 5.51. The molecule has 1 heteroatoms. The Morgan fingerprint density at radius 2 is 1.82 bits per heavy atom. The predicted octanol–water partition coefficient (Wildman–Crippen LogP) is 5.79. The molecule has 0 aliphatic rings. The Hall–Kier alpha value is -1.24. The molecule has 1 nitrogen and oxygen atoms in total. The lowest BCUT2D eigenvalue weighted by Gasteiger charge is -2.29. The highest BCUT2D eigenvalue weighted by Crippen LogP contribution is 2.32. The summed E-state index contributed by atoms with van der Waals surface area (Å²) in [5, 5.41) is 0. The van der Waals surface area contributed by atoms with Gasteiger partial charge in [-0.2, -0.15) is 0 Å². The Balaban J connectivity index is 2.84. The van der Waals surface area contributed by atoms with Crippen molar-refractivity contribution in [1.82, 2.24) is 0 Å². The second-order valence-electron chi connectivity index (χ2n) is 6.99. The maximum Gasteiger partial charge on any atom is 0.00112 e. The molecule has 3 atom stereocenters. The van der Waals surface area contributed by atoms with Crippen LogP contribution in [0.15, 0.2) is 30.0 Å². The molecule has 0 saturated heterocycles. The quantitative estimate of drug-likeness (QED) is 0.646. The van der Waals surface area contributed by atoms with Crippen LogP contribution in [0, 0.1) is 31.6 Å². The molecular weight excluding hydrogens is 266 g/mol. The van der Waals surface area contributed by atoms with Crippen LogP contribution in [-0.2, 0) is 6.42 Å². The minimum absolute atomic E-state index is 0.603. The largest absolute Gasteiger partial charge is 0.403 e. The molecule has 0 heterocycles. The molecule has 0 bridgehead atoms. The van der Waals surface area contributed by atoms with Gasteiger partial charge in [0.2, 0.25) is 0 Å². The topological polar surface area (TPSA) is 26.0 Å². The van der Waals surface area contributed by atoms with Crippen LogP contribution in [0.1, 0.15) is 63.6 Å². The zero-order valence-electron chi connectivity index (χ0n) is 15.4. The Kier molecular flexibility index (Phi) is 7.72. The molecule has 0 spiro atoms. The number of rotatable bonds is 8. The molecule has 3 unspecified atom stereocenters. The molecule has 0 aliphatic heterocycles. The molecule has 0 radical (unpaired) electrons. The van der Waals surface area contributed by atoms with Crippen LogP contribution < -0.4 is 5.73 Å². The first kappa shape index (κ1) is 18.8. The number of allylic oxidation sites excluding steroid dienone is 2. The van der Waals surface area contributed by atoms with Crippen molar-refractivity contribution < 1.29 is 0 Å². The summed E-state index contributed by atoms with van der Waals surface area (Å²) in [5.41, 5.74) is 11.2. The normalized spacial score (nSPS) is 16.4. The predicted molar refractivity (Wildman–Crippen MR) is 98.9 cm³/mol. The summed E-state index contributed by atoms with van der Waals surface area (Å²) in [7, 11) is 0. The van der Waals surface area contributed by atoms with Gasteiger partial charge in [0.1, 0.15) is 0 Å². The standard InChI is InChI=1S/C21H35N/c1-7-15(3)21(20(8-2)14-18(6)22)12-11-19-10-9-16(4)17(5)13-19/h9-10,13-15,20-21H,7-8,11-12,22H2,1-6H3/b18-14-. The van der Waals surface area contributed by atoms with E-state index >= 15 is 0 Å². The van der Waals surface area contributed by atoms with Crippen LogP contribution in [0.25, 0.3) is 0 Å². The van der Waals surface area contributed by atoms with Gasteiger partial charge in [-0.1, -0.05) is 51.5 Å². The fraction of sp³-hybridized carbons (Fsp3) is 0.619. The van der Waals surface area contributed by atoms with E-state index in [0.29, 0.717) is 5.92 Å². The first-order chi connectivity index (χ1) is 10.4. The molecule has 22 heavy (non-hydrogen) atoms. The van der Waals surface area contributed by atoms with Crippen molar-refractivity contribution in [1.29, 1.82) is 0 Å². The second kappa shape index (κ2) is 9.02. The molecule has 0 aromatic heterocycles. The molecule has 2 N–H and O–H groups in total. The van der Waals surface area contributed by atoms with E-state index in [4.69, 9.17) is 5.73 Å². The average molecular weight is 302 g/mol. The van der Waals surface area contributed by atoms with Gasteiger partial charge in [0.15, 0.2) is 0 Å². The van der Waals surface area contributed by atoms with Crippen molar-refractivity contribution >= 4 is 0 Å². The first-order valence-corrected chi connectivity index (χ1v) is 8.89. The van der Waals surface area contributed by atoms with Crippen LogP contribution in [0.3, 0.4) is 0 Å². The smallest absolute Gasteiger partial charge is 0.00112 e. The fourth-order valence-corrected chi connectivity index (χ4v) is 3.40. The van der Waals surface area contributed by atoms with E-state index in [9.17, 15) is 0 Å². The van der Waals surface area contributed by atoms with E-state index in [1.165, 1.54) is 42.4 Å². The van der Waals surface area contributed by atoms with E-state index in [2.05, 4.69) is 58.9 Å². The minimum atomic E-state index is 0.603. The monoisotopic (exact) mass is 301 g/mol. The average Bonchev–Trinajstić information content (AvgIpc) is 2.48. The van der Waals surface area contributed by atoms with Crippen molar-refractivity contribution in [3.8, 4) is 0 Å². The number of aryl methyl sites for hydroxylation is 3. The summed E-state index contributed by atoms with van der Waals surface area (Å²) < 4.78 is 0. The summed E-state index contributed by atoms with van der Waals surface area (Å²) in [6.07, 6.45) is 7.13. The van der Waals surface area contributed by atoms with E-state index in [0.717, 1.165) is 17.5 Å². The lowest BCUT2D eigenvalue weighted by Crippen LogP contribution is -2.21. The first-order valence-electron chi connectivity index (χ1n) is 8.89. The Bertz CT molecular complexity index is 483. The van der Waals surface area contributed by atoms with Gasteiger partial charge in [0.25, 0.3) is 0 Å².